The Morgan fingerprint density at radius 3 is 2.76 bits per heavy atom. The molecule has 0 N–H and O–H groups in total. The number of rotatable bonds is 6. The van der Waals surface area contributed by atoms with Gasteiger partial charge in [0.05, 0.1) is 23.3 Å². The van der Waals surface area contributed by atoms with Crippen LogP contribution in [0.15, 0.2) is 36.4 Å². The molecule has 1 aromatic carbocycles. The van der Waals surface area contributed by atoms with Gasteiger partial charge in [-0.3, -0.25) is 10.1 Å². The smallest absolute Gasteiger partial charge is 0.274 e. The van der Waals surface area contributed by atoms with Crippen LogP contribution in [0.3, 0.4) is 0 Å². The predicted molar refractivity (Wildman–Crippen MR) is 78.7 cm³/mol. The molecule has 0 spiro atoms. The molecule has 7 heteroatoms. The summed E-state index contributed by atoms with van der Waals surface area (Å²) in [6.07, 6.45) is 0. The zero-order valence-corrected chi connectivity index (χ0v) is 12.0. The fourth-order valence-corrected chi connectivity index (χ4v) is 1.97. The van der Waals surface area contributed by atoms with Crippen molar-refractivity contribution in [3.63, 3.8) is 0 Å². The van der Waals surface area contributed by atoms with Crippen LogP contribution in [0.5, 0.6) is 5.75 Å². The molecule has 0 saturated heterocycles. The maximum absolute atomic E-state index is 10.9. The van der Waals surface area contributed by atoms with Crippen molar-refractivity contribution in [2.24, 2.45) is 0 Å². The molecule has 0 radical (unpaired) electrons. The Balaban J connectivity index is 2.39. The number of benzene rings is 1. The molecule has 0 bridgehead atoms. The second-order valence-electron chi connectivity index (χ2n) is 4.13. The number of halogens is 1. The number of methoxy groups -OCH3 is 1. The fourth-order valence-electron chi connectivity index (χ4n) is 1.77. The van der Waals surface area contributed by atoms with Crippen LogP contribution in [0, 0.1) is 10.1 Å². The van der Waals surface area contributed by atoms with Crippen LogP contribution < -0.4 is 4.74 Å². The number of pyridine rings is 1. The lowest BCUT2D eigenvalue weighted by molar-refractivity contribution is -0.384. The number of nitrogens with zero attached hydrogens (tertiary/aromatic N) is 2. The van der Waals surface area contributed by atoms with E-state index in [4.69, 9.17) is 21.1 Å². The van der Waals surface area contributed by atoms with Crippen molar-refractivity contribution in [2.75, 3.05) is 20.3 Å². The van der Waals surface area contributed by atoms with Crippen molar-refractivity contribution in [2.45, 2.75) is 0 Å². The summed E-state index contributed by atoms with van der Waals surface area (Å²) in [7, 11) is 1.58. The first-order valence-electron chi connectivity index (χ1n) is 6.15. The van der Waals surface area contributed by atoms with E-state index in [0.29, 0.717) is 30.2 Å². The van der Waals surface area contributed by atoms with Gasteiger partial charge in [0.25, 0.3) is 5.69 Å². The molecule has 0 fully saturated rings. The molecule has 1 aromatic heterocycles. The summed E-state index contributed by atoms with van der Waals surface area (Å²) in [6, 6.07) is 9.71. The molecular formula is C14H13ClN2O4. The fraction of sp³-hybridized carbons (Fsp3) is 0.214. The lowest BCUT2D eigenvalue weighted by Crippen LogP contribution is -2.05. The number of ether oxygens (including phenoxy) is 2. The molecule has 110 valence electrons. The van der Waals surface area contributed by atoms with Gasteiger partial charge in [0.2, 0.25) is 0 Å². The number of nitro groups is 1. The van der Waals surface area contributed by atoms with Crippen LogP contribution in [-0.4, -0.2) is 30.2 Å². The standard InChI is InChI=1S/C14H13ClN2O4/c1-20-6-7-21-13-5-3-2-4-11(13)12-8-10(17(18)19)9-14(15)16-12/h2-5,8-9H,6-7H2,1H3. The number of para-hydroxylation sites is 1. The summed E-state index contributed by atoms with van der Waals surface area (Å²) in [5.41, 5.74) is 0.915. The van der Waals surface area contributed by atoms with Crippen molar-refractivity contribution < 1.29 is 14.4 Å². The molecule has 0 aliphatic heterocycles. The van der Waals surface area contributed by atoms with E-state index in [0.717, 1.165) is 0 Å². The molecule has 6 nitrogen and oxygen atoms in total. The quantitative estimate of drug-likeness (QED) is 0.354. The average Bonchev–Trinajstić information content (AvgIpc) is 2.47. The highest BCUT2D eigenvalue weighted by Crippen LogP contribution is 2.31. The molecule has 0 aliphatic rings. The summed E-state index contributed by atoms with van der Waals surface area (Å²) in [4.78, 5) is 14.5. The van der Waals surface area contributed by atoms with Gasteiger partial charge in [0.15, 0.2) is 0 Å². The van der Waals surface area contributed by atoms with Crippen molar-refractivity contribution in [1.82, 2.24) is 4.98 Å². The third-order valence-electron chi connectivity index (χ3n) is 2.70. The minimum absolute atomic E-state index is 0.0610. The van der Waals surface area contributed by atoms with Crippen molar-refractivity contribution in [3.8, 4) is 17.0 Å². The van der Waals surface area contributed by atoms with Crippen LogP contribution in [-0.2, 0) is 4.74 Å². The largest absolute Gasteiger partial charge is 0.490 e. The zero-order valence-electron chi connectivity index (χ0n) is 11.3. The molecule has 0 unspecified atom stereocenters. The van der Waals surface area contributed by atoms with Crippen molar-refractivity contribution in [1.29, 1.82) is 0 Å². The van der Waals surface area contributed by atoms with Gasteiger partial charge in [-0.15, -0.1) is 0 Å². The highest BCUT2D eigenvalue weighted by molar-refractivity contribution is 6.29. The average molecular weight is 309 g/mol. The Hall–Kier alpha value is -2.18. The first-order valence-corrected chi connectivity index (χ1v) is 6.52. The second kappa shape index (κ2) is 7.01. The van der Waals surface area contributed by atoms with Crippen LogP contribution >= 0.6 is 11.6 Å². The Labute approximate surface area is 126 Å². The molecule has 2 rings (SSSR count). The third-order valence-corrected chi connectivity index (χ3v) is 2.89. The summed E-state index contributed by atoms with van der Waals surface area (Å²) >= 11 is 5.85. The minimum atomic E-state index is -0.508. The van der Waals surface area contributed by atoms with Gasteiger partial charge in [-0.2, -0.15) is 0 Å². The second-order valence-corrected chi connectivity index (χ2v) is 4.52. The van der Waals surface area contributed by atoms with E-state index in [2.05, 4.69) is 4.98 Å². The van der Waals surface area contributed by atoms with E-state index in [-0.39, 0.29) is 10.8 Å². The molecule has 0 saturated carbocycles. The molecule has 1 heterocycles. The van der Waals surface area contributed by atoms with Crippen molar-refractivity contribution >= 4 is 17.3 Å². The van der Waals surface area contributed by atoms with Crippen molar-refractivity contribution in [3.05, 3.63) is 51.7 Å². The maximum atomic E-state index is 10.9. The summed E-state index contributed by atoms with van der Waals surface area (Å²) in [5, 5.41) is 11.0. The Morgan fingerprint density at radius 1 is 1.29 bits per heavy atom. The van der Waals surface area contributed by atoms with Gasteiger partial charge in [-0.25, -0.2) is 4.98 Å². The van der Waals surface area contributed by atoms with E-state index in [1.165, 1.54) is 12.1 Å². The Morgan fingerprint density at radius 2 is 2.05 bits per heavy atom. The van der Waals surface area contributed by atoms with Crippen LogP contribution in [0.4, 0.5) is 5.69 Å². The first kappa shape index (κ1) is 15.2. The Bertz CT molecular complexity index is 649. The van der Waals surface area contributed by atoms with Crippen LogP contribution in [0.2, 0.25) is 5.15 Å². The number of aromatic nitrogens is 1. The SMILES string of the molecule is COCCOc1ccccc1-c1cc([N+](=O)[O-])cc(Cl)n1. The van der Waals surface area contributed by atoms with Gasteiger partial charge in [0.1, 0.15) is 17.5 Å². The third kappa shape index (κ3) is 3.90. The molecule has 0 amide bonds. The van der Waals surface area contributed by atoms with Crippen LogP contribution in [0.25, 0.3) is 11.3 Å². The Kier molecular flexibility index (Phi) is 5.08. The first-order chi connectivity index (χ1) is 10.1. The monoisotopic (exact) mass is 308 g/mol. The lowest BCUT2D eigenvalue weighted by Gasteiger charge is -2.10. The van der Waals surface area contributed by atoms with Crippen LogP contribution in [0.1, 0.15) is 0 Å². The van der Waals surface area contributed by atoms with E-state index >= 15 is 0 Å². The highest BCUT2D eigenvalue weighted by Gasteiger charge is 2.14. The maximum Gasteiger partial charge on any atom is 0.274 e. The number of hydrogen-bond acceptors (Lipinski definition) is 5. The summed E-state index contributed by atoms with van der Waals surface area (Å²) in [6.45, 7) is 0.813. The molecule has 0 aliphatic carbocycles. The van der Waals surface area contributed by atoms with Gasteiger partial charge >= 0.3 is 0 Å². The van der Waals surface area contributed by atoms with Gasteiger partial charge in [-0.1, -0.05) is 23.7 Å². The molecule has 0 atom stereocenters. The highest BCUT2D eigenvalue weighted by atomic mass is 35.5. The number of hydrogen-bond donors (Lipinski definition) is 0. The normalized spacial score (nSPS) is 10.4. The van der Waals surface area contributed by atoms with E-state index in [1.54, 1.807) is 25.3 Å². The molecular weight excluding hydrogens is 296 g/mol. The van der Waals surface area contributed by atoms with E-state index in [9.17, 15) is 10.1 Å². The van der Waals surface area contributed by atoms with E-state index < -0.39 is 4.92 Å². The minimum Gasteiger partial charge on any atom is -0.490 e. The predicted octanol–water partition coefficient (Wildman–Crippen LogP) is 3.34. The van der Waals surface area contributed by atoms with Gasteiger partial charge in [0, 0.05) is 18.7 Å². The topological polar surface area (TPSA) is 74.5 Å². The summed E-state index contributed by atoms with van der Waals surface area (Å²) < 4.78 is 10.5. The summed E-state index contributed by atoms with van der Waals surface area (Å²) in [5.74, 6) is 0.568. The van der Waals surface area contributed by atoms with Gasteiger partial charge < -0.3 is 9.47 Å². The van der Waals surface area contributed by atoms with E-state index in [1.807, 2.05) is 6.07 Å². The molecule has 21 heavy (non-hydrogen) atoms. The zero-order chi connectivity index (χ0) is 15.2. The van der Waals surface area contributed by atoms with Gasteiger partial charge in [-0.05, 0) is 12.1 Å². The molecule has 2 aromatic rings. The lowest BCUT2D eigenvalue weighted by atomic mass is 10.1.